The Hall–Kier alpha value is 1.88. The number of rotatable bonds is 6. The summed E-state index contributed by atoms with van der Waals surface area (Å²) in [6.07, 6.45) is 5.77. The smallest absolute Gasteiger partial charge is 0.854 e. The average Bonchev–Trinajstić information content (AvgIpc) is 2.23. The van der Waals surface area contributed by atoms with Crippen LogP contribution >= 0.6 is 0 Å². The van der Waals surface area contributed by atoms with E-state index < -0.39 is 0 Å². The van der Waals surface area contributed by atoms with E-state index in [4.69, 9.17) is 5.11 Å². The van der Waals surface area contributed by atoms with Crippen LogP contribution in [0.3, 0.4) is 0 Å². The van der Waals surface area contributed by atoms with Crippen molar-refractivity contribution >= 4 is 0 Å². The van der Waals surface area contributed by atoms with Crippen LogP contribution in [0, 0.1) is 0 Å². The standard InChI is InChI=1S/C4H10O.2C4H9O.2Na/c3*1-2-3-4-5;;/h5H,2-4H2,1H3;2*2-4H2,1H3;;/q;2*-1;2*+1. The molecule has 0 amide bonds. The van der Waals surface area contributed by atoms with Crippen LogP contribution in [0.25, 0.3) is 0 Å². The van der Waals surface area contributed by atoms with E-state index in [9.17, 15) is 10.2 Å². The van der Waals surface area contributed by atoms with E-state index in [1.54, 1.807) is 0 Å². The van der Waals surface area contributed by atoms with Crippen molar-refractivity contribution in [2.24, 2.45) is 0 Å². The van der Waals surface area contributed by atoms with Crippen LogP contribution in [0.5, 0.6) is 0 Å². The van der Waals surface area contributed by atoms with Crippen molar-refractivity contribution in [3.8, 4) is 0 Å². The third-order valence-corrected chi connectivity index (χ3v) is 1.51. The monoisotopic (exact) mass is 266 g/mol. The maximum Gasteiger partial charge on any atom is 1.00 e. The number of aliphatic hydroxyl groups is 1. The molecule has 5 heteroatoms. The van der Waals surface area contributed by atoms with E-state index in [2.05, 4.69) is 6.92 Å². The second kappa shape index (κ2) is 43.0. The first-order chi connectivity index (χ1) is 7.24. The molecule has 0 radical (unpaired) electrons. The van der Waals surface area contributed by atoms with Crippen molar-refractivity contribution in [3.05, 3.63) is 0 Å². The summed E-state index contributed by atoms with van der Waals surface area (Å²) in [4.78, 5) is 0. The fourth-order valence-corrected chi connectivity index (χ4v) is 0.447. The molecule has 0 unspecified atom stereocenters. The molecule has 3 nitrogen and oxygen atoms in total. The minimum absolute atomic E-state index is 0. The maximum atomic E-state index is 9.53. The first-order valence-electron chi connectivity index (χ1n) is 6.01. The summed E-state index contributed by atoms with van der Waals surface area (Å²) in [6.45, 7) is 6.61. The first kappa shape index (κ1) is 31.3. The van der Waals surface area contributed by atoms with Gasteiger partial charge in [0.1, 0.15) is 0 Å². The zero-order chi connectivity index (χ0) is 12.4. The van der Waals surface area contributed by atoms with Gasteiger partial charge in [-0.1, -0.05) is 52.9 Å². The van der Waals surface area contributed by atoms with Gasteiger partial charge in [-0.3, -0.25) is 0 Å². The Morgan fingerprint density at radius 2 is 1.00 bits per heavy atom. The first-order valence-corrected chi connectivity index (χ1v) is 6.01. The topological polar surface area (TPSA) is 66.3 Å². The molecule has 0 saturated carbocycles. The molecule has 17 heavy (non-hydrogen) atoms. The Kier molecular flexibility index (Phi) is 79.3. The third kappa shape index (κ3) is 72.6. The molecular formula is C12H28Na2O3. The summed E-state index contributed by atoms with van der Waals surface area (Å²) < 4.78 is 0. The minimum Gasteiger partial charge on any atom is -0.854 e. The van der Waals surface area contributed by atoms with Crippen molar-refractivity contribution in [1.29, 1.82) is 0 Å². The molecule has 0 rings (SSSR count). The van der Waals surface area contributed by atoms with E-state index >= 15 is 0 Å². The van der Waals surface area contributed by atoms with Gasteiger partial charge in [0.25, 0.3) is 0 Å². The van der Waals surface area contributed by atoms with Crippen molar-refractivity contribution < 1.29 is 74.4 Å². The summed E-state index contributed by atoms with van der Waals surface area (Å²) in [6, 6.07) is 0. The Bertz CT molecular complexity index is 56.5. The Balaban J connectivity index is -0.0000000400. The second-order valence-corrected chi connectivity index (χ2v) is 3.19. The van der Waals surface area contributed by atoms with E-state index in [-0.39, 0.29) is 72.3 Å². The molecule has 0 atom stereocenters. The maximum absolute atomic E-state index is 9.53. The van der Waals surface area contributed by atoms with Gasteiger partial charge in [-0.05, 0) is 6.42 Å². The second-order valence-electron chi connectivity index (χ2n) is 3.19. The van der Waals surface area contributed by atoms with E-state index in [1.807, 2.05) is 13.8 Å². The molecule has 0 fully saturated rings. The van der Waals surface area contributed by atoms with Crippen LogP contribution < -0.4 is 69.3 Å². The molecule has 0 bridgehead atoms. The number of unbranched alkanes of at least 4 members (excludes halogenated alkanes) is 3. The fourth-order valence-electron chi connectivity index (χ4n) is 0.447. The van der Waals surface area contributed by atoms with Crippen molar-refractivity contribution in [3.63, 3.8) is 0 Å². The van der Waals surface area contributed by atoms with Gasteiger partial charge in [0.05, 0.1) is 0 Å². The molecule has 0 heterocycles. The van der Waals surface area contributed by atoms with Gasteiger partial charge in [-0.2, -0.15) is 0 Å². The minimum atomic E-state index is 0. The van der Waals surface area contributed by atoms with Crippen LogP contribution in [0.1, 0.15) is 59.3 Å². The molecule has 1 N–H and O–H groups in total. The van der Waals surface area contributed by atoms with Crippen LogP contribution in [0.2, 0.25) is 0 Å². The zero-order valence-electron chi connectivity index (χ0n) is 12.6. The summed E-state index contributed by atoms with van der Waals surface area (Å²) >= 11 is 0. The Labute approximate surface area is 152 Å². The van der Waals surface area contributed by atoms with Gasteiger partial charge in [0.2, 0.25) is 0 Å². The van der Waals surface area contributed by atoms with E-state index in [0.29, 0.717) is 6.61 Å². The molecule has 96 valence electrons. The van der Waals surface area contributed by atoms with Gasteiger partial charge in [-0.15, -0.1) is 13.2 Å². The van der Waals surface area contributed by atoms with Crippen molar-refractivity contribution in [1.82, 2.24) is 0 Å². The van der Waals surface area contributed by atoms with Gasteiger partial charge < -0.3 is 15.3 Å². The Morgan fingerprint density at radius 3 is 1.00 bits per heavy atom. The SMILES string of the molecule is CCCCO.CCCC[O-].CCCC[O-].[Na+].[Na+]. The molecule has 0 aliphatic rings. The van der Waals surface area contributed by atoms with Crippen LogP contribution in [-0.4, -0.2) is 24.9 Å². The van der Waals surface area contributed by atoms with Crippen LogP contribution in [0.15, 0.2) is 0 Å². The molecular weight excluding hydrogens is 238 g/mol. The number of hydrogen-bond acceptors (Lipinski definition) is 3. The third-order valence-electron chi connectivity index (χ3n) is 1.51. The van der Waals surface area contributed by atoms with Crippen molar-refractivity contribution in [2.75, 3.05) is 19.8 Å². The molecule has 0 aromatic carbocycles. The van der Waals surface area contributed by atoms with Crippen LogP contribution in [-0.2, 0) is 0 Å². The summed E-state index contributed by atoms with van der Waals surface area (Å²) in [5, 5.41) is 27.1. The summed E-state index contributed by atoms with van der Waals surface area (Å²) in [5.41, 5.74) is 0. The average molecular weight is 266 g/mol. The van der Waals surface area contributed by atoms with Gasteiger partial charge >= 0.3 is 59.1 Å². The molecule has 0 aliphatic heterocycles. The molecule has 0 saturated heterocycles. The van der Waals surface area contributed by atoms with E-state index in [1.165, 1.54) is 0 Å². The van der Waals surface area contributed by atoms with Crippen molar-refractivity contribution in [2.45, 2.75) is 59.3 Å². The van der Waals surface area contributed by atoms with E-state index in [0.717, 1.165) is 38.5 Å². The predicted molar refractivity (Wildman–Crippen MR) is 61.5 cm³/mol. The van der Waals surface area contributed by atoms with Gasteiger partial charge in [0.15, 0.2) is 0 Å². The molecule has 0 aromatic heterocycles. The Morgan fingerprint density at radius 1 is 0.706 bits per heavy atom. The largest absolute Gasteiger partial charge is 1.00 e. The number of hydrogen-bond donors (Lipinski definition) is 1. The van der Waals surface area contributed by atoms with Crippen LogP contribution in [0.4, 0.5) is 0 Å². The summed E-state index contributed by atoms with van der Waals surface area (Å²) in [7, 11) is 0. The predicted octanol–water partition coefficient (Wildman–Crippen LogP) is -4.92. The van der Waals surface area contributed by atoms with Gasteiger partial charge in [0, 0.05) is 6.61 Å². The molecule has 0 aromatic rings. The summed E-state index contributed by atoms with van der Waals surface area (Å²) in [5.74, 6) is 0. The zero-order valence-corrected chi connectivity index (χ0v) is 16.6. The fraction of sp³-hybridized carbons (Fsp3) is 1.00. The number of aliphatic hydroxyl groups excluding tert-OH is 1. The normalized spacial score (nSPS) is 7.41. The quantitative estimate of drug-likeness (QED) is 0.490. The molecule has 0 aliphatic carbocycles. The molecule has 0 spiro atoms. The van der Waals surface area contributed by atoms with Gasteiger partial charge in [-0.25, -0.2) is 0 Å².